The Labute approximate surface area is 147 Å². The molecule has 0 saturated heterocycles. The van der Waals surface area contributed by atoms with Crippen molar-refractivity contribution >= 4 is 23.1 Å². The summed E-state index contributed by atoms with van der Waals surface area (Å²) in [5.74, 6) is 1.59. The summed E-state index contributed by atoms with van der Waals surface area (Å²) in [5, 5.41) is 6.82. The van der Waals surface area contributed by atoms with Gasteiger partial charge in [0, 0.05) is 18.4 Å². The van der Waals surface area contributed by atoms with Crippen molar-refractivity contribution in [3.8, 4) is 0 Å². The molecule has 2 N–H and O–H groups in total. The predicted molar refractivity (Wildman–Crippen MR) is 97.4 cm³/mol. The van der Waals surface area contributed by atoms with Gasteiger partial charge in [-0.25, -0.2) is 9.37 Å². The van der Waals surface area contributed by atoms with Gasteiger partial charge in [0.2, 0.25) is 0 Å². The highest BCUT2D eigenvalue weighted by atomic mass is 35.5. The van der Waals surface area contributed by atoms with Gasteiger partial charge in [0.05, 0.1) is 5.02 Å². The summed E-state index contributed by atoms with van der Waals surface area (Å²) in [4.78, 5) is 4.49. The first-order valence-corrected chi connectivity index (χ1v) is 8.82. The maximum absolute atomic E-state index is 13.3. The van der Waals surface area contributed by atoms with Gasteiger partial charge >= 0.3 is 0 Å². The van der Waals surface area contributed by atoms with Gasteiger partial charge in [0.1, 0.15) is 11.6 Å². The quantitative estimate of drug-likeness (QED) is 0.719. The molecule has 0 unspecified atom stereocenters. The van der Waals surface area contributed by atoms with Crippen LogP contribution >= 0.6 is 11.6 Å². The fourth-order valence-electron chi connectivity index (χ4n) is 2.71. The highest BCUT2D eigenvalue weighted by Gasteiger charge is 2.20. The van der Waals surface area contributed by atoms with Gasteiger partial charge < -0.3 is 10.6 Å². The van der Waals surface area contributed by atoms with Crippen molar-refractivity contribution in [2.24, 2.45) is 5.92 Å². The summed E-state index contributed by atoms with van der Waals surface area (Å²) < 4.78 is 13.3. The molecule has 0 amide bonds. The minimum Gasteiger partial charge on any atom is -0.340 e. The lowest BCUT2D eigenvalue weighted by Gasteiger charge is -2.15. The van der Waals surface area contributed by atoms with E-state index in [0.29, 0.717) is 5.92 Å². The van der Waals surface area contributed by atoms with Gasteiger partial charge in [-0.1, -0.05) is 25.4 Å². The van der Waals surface area contributed by atoms with Crippen molar-refractivity contribution in [1.29, 1.82) is 0 Å². The zero-order valence-electron chi connectivity index (χ0n) is 14.1. The predicted octanol–water partition coefficient (Wildman–Crippen LogP) is 5.24. The van der Waals surface area contributed by atoms with Crippen LogP contribution in [0.25, 0.3) is 0 Å². The van der Waals surface area contributed by atoms with Crippen LogP contribution in [0.1, 0.15) is 43.7 Å². The molecule has 0 spiro atoms. The van der Waals surface area contributed by atoms with E-state index in [1.54, 1.807) is 12.1 Å². The summed E-state index contributed by atoms with van der Waals surface area (Å²) in [5.41, 5.74) is 3.22. The first-order valence-electron chi connectivity index (χ1n) is 8.44. The second kappa shape index (κ2) is 7.49. The SMILES string of the molecule is CC(C)c1cc(Nc2ccc(F)c(Cl)c2)ncc1CNCC1CC1. The molecule has 24 heavy (non-hydrogen) atoms. The molecule has 0 atom stereocenters. The summed E-state index contributed by atoms with van der Waals surface area (Å²) in [7, 11) is 0. The van der Waals surface area contributed by atoms with Gasteiger partial charge in [0.25, 0.3) is 0 Å². The molecule has 1 fully saturated rings. The molecule has 128 valence electrons. The smallest absolute Gasteiger partial charge is 0.141 e. The number of nitrogens with zero attached hydrogens (tertiary/aromatic N) is 1. The van der Waals surface area contributed by atoms with E-state index in [1.807, 2.05) is 6.20 Å². The molecule has 1 aromatic carbocycles. The fourth-order valence-corrected chi connectivity index (χ4v) is 2.89. The summed E-state index contributed by atoms with van der Waals surface area (Å²) in [6.45, 7) is 6.29. The third-order valence-corrected chi connectivity index (χ3v) is 4.57. The number of hydrogen-bond donors (Lipinski definition) is 2. The Morgan fingerprint density at radius 3 is 2.75 bits per heavy atom. The molecule has 1 aliphatic rings. The molecule has 1 heterocycles. The van der Waals surface area contributed by atoms with Crippen molar-refractivity contribution in [3.63, 3.8) is 0 Å². The standard InChI is InChI=1S/C19H23ClFN3/c1-12(2)16-8-19(24-15-5-6-18(21)17(20)7-15)23-11-14(16)10-22-9-13-3-4-13/h5-8,11-13,22H,3-4,9-10H2,1-2H3,(H,23,24). The van der Waals surface area contributed by atoms with E-state index < -0.39 is 5.82 Å². The van der Waals surface area contributed by atoms with Crippen molar-refractivity contribution in [2.75, 3.05) is 11.9 Å². The second-order valence-corrected chi connectivity index (χ2v) is 7.16. The fraction of sp³-hybridized carbons (Fsp3) is 0.421. The molecular weight excluding hydrogens is 325 g/mol. The van der Waals surface area contributed by atoms with E-state index in [1.165, 1.54) is 30.0 Å². The summed E-state index contributed by atoms with van der Waals surface area (Å²) in [6.07, 6.45) is 4.62. The van der Waals surface area contributed by atoms with Crippen LogP contribution in [0.3, 0.4) is 0 Å². The highest BCUT2D eigenvalue weighted by molar-refractivity contribution is 6.31. The molecule has 1 aromatic heterocycles. The number of hydrogen-bond acceptors (Lipinski definition) is 3. The van der Waals surface area contributed by atoms with E-state index in [-0.39, 0.29) is 5.02 Å². The Bertz CT molecular complexity index is 714. The molecule has 5 heteroatoms. The van der Waals surface area contributed by atoms with Gasteiger partial charge in [-0.2, -0.15) is 0 Å². The van der Waals surface area contributed by atoms with E-state index in [0.717, 1.165) is 30.5 Å². The molecule has 3 rings (SSSR count). The van der Waals surface area contributed by atoms with E-state index in [4.69, 9.17) is 11.6 Å². The first kappa shape index (κ1) is 17.2. The first-order chi connectivity index (χ1) is 11.5. The Balaban J connectivity index is 1.73. The Kier molecular flexibility index (Phi) is 5.36. The third-order valence-electron chi connectivity index (χ3n) is 4.28. The van der Waals surface area contributed by atoms with Crippen molar-refractivity contribution in [3.05, 3.63) is 52.4 Å². The minimum atomic E-state index is -0.421. The molecule has 3 nitrogen and oxygen atoms in total. The number of anilines is 2. The van der Waals surface area contributed by atoms with Crippen molar-refractivity contribution in [1.82, 2.24) is 10.3 Å². The van der Waals surface area contributed by atoms with Crippen molar-refractivity contribution in [2.45, 2.75) is 39.2 Å². The lowest BCUT2D eigenvalue weighted by atomic mass is 9.99. The largest absolute Gasteiger partial charge is 0.340 e. The van der Waals surface area contributed by atoms with E-state index in [2.05, 4.69) is 35.5 Å². The maximum atomic E-state index is 13.3. The number of rotatable bonds is 7. The second-order valence-electron chi connectivity index (χ2n) is 6.75. The average molecular weight is 348 g/mol. The van der Waals surface area contributed by atoms with Gasteiger partial charge in [-0.15, -0.1) is 0 Å². The number of benzene rings is 1. The molecule has 2 aromatic rings. The van der Waals surface area contributed by atoms with E-state index in [9.17, 15) is 4.39 Å². The van der Waals surface area contributed by atoms with Gasteiger partial charge in [-0.05, 0) is 66.6 Å². The van der Waals surface area contributed by atoms with Crippen molar-refractivity contribution < 1.29 is 4.39 Å². The lowest BCUT2D eigenvalue weighted by Crippen LogP contribution is -2.17. The molecule has 1 saturated carbocycles. The summed E-state index contributed by atoms with van der Waals surface area (Å²) >= 11 is 5.83. The van der Waals surface area contributed by atoms with E-state index >= 15 is 0 Å². The van der Waals surface area contributed by atoms with Crippen LogP contribution in [0, 0.1) is 11.7 Å². The zero-order chi connectivity index (χ0) is 17.1. The number of pyridine rings is 1. The Hall–Kier alpha value is -1.65. The van der Waals surface area contributed by atoms with Crippen LogP contribution in [0.2, 0.25) is 5.02 Å². The molecule has 0 bridgehead atoms. The van der Waals surface area contributed by atoms with Gasteiger partial charge in [-0.3, -0.25) is 0 Å². The minimum absolute atomic E-state index is 0.102. The zero-order valence-corrected chi connectivity index (χ0v) is 14.8. The number of halogens is 2. The highest BCUT2D eigenvalue weighted by Crippen LogP contribution is 2.28. The van der Waals surface area contributed by atoms with Crippen LogP contribution in [0.4, 0.5) is 15.9 Å². The lowest BCUT2D eigenvalue weighted by molar-refractivity contribution is 0.628. The average Bonchev–Trinajstić information content (AvgIpc) is 3.36. The molecule has 1 aliphatic carbocycles. The normalized spacial score (nSPS) is 14.2. The summed E-state index contributed by atoms with van der Waals surface area (Å²) in [6, 6.07) is 6.64. The number of nitrogens with one attached hydrogen (secondary N) is 2. The topological polar surface area (TPSA) is 37.0 Å². The van der Waals surface area contributed by atoms with Crippen LogP contribution in [-0.2, 0) is 6.54 Å². The number of aromatic nitrogens is 1. The van der Waals surface area contributed by atoms with Crippen LogP contribution in [0.5, 0.6) is 0 Å². The molecule has 0 aliphatic heterocycles. The monoisotopic (exact) mass is 347 g/mol. The van der Waals surface area contributed by atoms with Gasteiger partial charge in [0.15, 0.2) is 0 Å². The molecule has 0 radical (unpaired) electrons. The van der Waals surface area contributed by atoms with Crippen LogP contribution in [0.15, 0.2) is 30.5 Å². The van der Waals surface area contributed by atoms with Crippen LogP contribution in [-0.4, -0.2) is 11.5 Å². The Morgan fingerprint density at radius 2 is 2.08 bits per heavy atom. The maximum Gasteiger partial charge on any atom is 0.141 e. The van der Waals surface area contributed by atoms with Crippen LogP contribution < -0.4 is 10.6 Å². The third kappa shape index (κ3) is 4.46. The molecular formula is C19H23ClFN3. The Morgan fingerprint density at radius 1 is 1.29 bits per heavy atom.